The number of amides is 1. The van der Waals surface area contributed by atoms with Gasteiger partial charge in [-0.05, 0) is 69.0 Å². The number of nitrogens with zero attached hydrogens (tertiary/aromatic N) is 2. The Kier molecular flexibility index (Phi) is 9.68. The fourth-order valence-electron chi connectivity index (χ4n) is 4.43. The molecule has 2 aromatic rings. The van der Waals surface area contributed by atoms with Gasteiger partial charge in [-0.1, -0.05) is 55.8 Å². The third-order valence-electron chi connectivity index (χ3n) is 6.65. The van der Waals surface area contributed by atoms with E-state index in [0.717, 1.165) is 51.0 Å². The molecule has 1 saturated heterocycles. The second kappa shape index (κ2) is 12.5. The van der Waals surface area contributed by atoms with Gasteiger partial charge in [-0.25, -0.2) is 0 Å². The Hall–Kier alpha value is -2.22. The second-order valence-corrected chi connectivity index (χ2v) is 10.6. The van der Waals surface area contributed by atoms with Gasteiger partial charge in [0.05, 0.1) is 17.5 Å². The van der Waals surface area contributed by atoms with Gasteiger partial charge in [0, 0.05) is 19.5 Å². The van der Waals surface area contributed by atoms with Gasteiger partial charge in [0.1, 0.15) is 0 Å². The number of likely N-dealkylation sites (N-methyl/N-ethyl adjacent to an activating group) is 1. The zero-order valence-corrected chi connectivity index (χ0v) is 21.5. The van der Waals surface area contributed by atoms with E-state index in [4.69, 9.17) is 4.18 Å². The first-order valence-electron chi connectivity index (χ1n) is 12.4. The van der Waals surface area contributed by atoms with Crippen LogP contribution in [0, 0.1) is 6.92 Å². The van der Waals surface area contributed by atoms with Crippen LogP contribution in [0.5, 0.6) is 0 Å². The molecule has 34 heavy (non-hydrogen) atoms. The smallest absolute Gasteiger partial charge is 0.296 e. The van der Waals surface area contributed by atoms with Crippen LogP contribution in [0.15, 0.2) is 53.4 Å². The largest absolute Gasteiger partial charge is 0.334 e. The van der Waals surface area contributed by atoms with Gasteiger partial charge in [0.2, 0.25) is 5.91 Å². The average molecular weight is 487 g/mol. The van der Waals surface area contributed by atoms with Crippen LogP contribution >= 0.6 is 0 Å². The quantitative estimate of drug-likeness (QED) is 0.303. The van der Waals surface area contributed by atoms with Crippen LogP contribution in [-0.4, -0.2) is 56.9 Å². The van der Waals surface area contributed by atoms with Crippen molar-refractivity contribution >= 4 is 16.0 Å². The van der Waals surface area contributed by atoms with Crippen LogP contribution in [0.3, 0.4) is 0 Å². The number of aryl methyl sites for hydroxylation is 2. The number of unbranched alkanes of at least 4 members (excludes halogenated alkanes) is 1. The molecule has 6 nitrogen and oxygen atoms in total. The van der Waals surface area contributed by atoms with Crippen LogP contribution in [0.25, 0.3) is 0 Å². The molecule has 0 aliphatic carbocycles. The highest BCUT2D eigenvalue weighted by Gasteiger charge is 2.31. The molecule has 1 atom stereocenters. The van der Waals surface area contributed by atoms with Crippen molar-refractivity contribution in [2.24, 2.45) is 0 Å². The van der Waals surface area contributed by atoms with E-state index < -0.39 is 10.1 Å². The lowest BCUT2D eigenvalue weighted by Gasteiger charge is -2.28. The van der Waals surface area contributed by atoms with Gasteiger partial charge in [-0.3, -0.25) is 8.98 Å². The summed E-state index contributed by atoms with van der Waals surface area (Å²) in [6, 6.07) is 15.4. The van der Waals surface area contributed by atoms with Crippen molar-refractivity contribution in [3.05, 3.63) is 65.2 Å². The first-order valence-corrected chi connectivity index (χ1v) is 13.8. The molecule has 1 amide bonds. The van der Waals surface area contributed by atoms with Crippen LogP contribution in [0.2, 0.25) is 0 Å². The fourth-order valence-corrected chi connectivity index (χ4v) is 5.37. The number of rotatable bonds is 13. The number of carbonyl (C=O) groups excluding carboxylic acids is 1. The van der Waals surface area contributed by atoms with Gasteiger partial charge in [-0.2, -0.15) is 8.42 Å². The maximum absolute atomic E-state index is 12.4. The lowest BCUT2D eigenvalue weighted by molar-refractivity contribution is -0.129. The van der Waals surface area contributed by atoms with Crippen LogP contribution in [0.1, 0.15) is 62.3 Å². The minimum absolute atomic E-state index is 0.164. The molecule has 0 aromatic heterocycles. The molecule has 1 heterocycles. The van der Waals surface area contributed by atoms with E-state index in [-0.39, 0.29) is 23.5 Å². The summed E-state index contributed by atoms with van der Waals surface area (Å²) in [5.41, 5.74) is 3.42. The molecule has 0 bridgehead atoms. The predicted molar refractivity (Wildman–Crippen MR) is 135 cm³/mol. The van der Waals surface area contributed by atoms with Crippen LogP contribution in [0.4, 0.5) is 0 Å². The van der Waals surface area contributed by atoms with E-state index in [2.05, 4.69) is 43.0 Å². The Bertz CT molecular complexity index is 1020. The molecule has 2 aromatic carbocycles. The zero-order chi connectivity index (χ0) is 24.6. The average Bonchev–Trinajstić information content (AvgIpc) is 3.20. The van der Waals surface area contributed by atoms with Crippen molar-refractivity contribution in [2.45, 2.75) is 63.8 Å². The van der Waals surface area contributed by atoms with Crippen molar-refractivity contribution in [3.63, 3.8) is 0 Å². The normalized spacial score (nSPS) is 16.5. The van der Waals surface area contributed by atoms with Gasteiger partial charge in [0.15, 0.2) is 0 Å². The van der Waals surface area contributed by atoms with Gasteiger partial charge < -0.3 is 9.80 Å². The third kappa shape index (κ3) is 7.14. The standard InChI is InChI=1S/C27H38N2O4S/c1-4-28(5-2)19-20-29-26(17-18-27(29)30)24-13-11-23(12-14-24)8-6-7-21-33-34(31,32)25-15-9-22(3)10-16-25/h9-16,26H,4-8,17-21H2,1-3H3. The number of carbonyl (C=O) groups is 1. The number of benzene rings is 2. The lowest BCUT2D eigenvalue weighted by Crippen LogP contribution is -2.37. The van der Waals surface area contributed by atoms with Gasteiger partial charge in [0.25, 0.3) is 10.1 Å². The Morgan fingerprint density at radius 3 is 2.32 bits per heavy atom. The maximum atomic E-state index is 12.4. The molecular formula is C27H38N2O4S. The van der Waals surface area contributed by atoms with E-state index in [1.54, 1.807) is 24.3 Å². The number of hydrogen-bond acceptors (Lipinski definition) is 5. The van der Waals surface area contributed by atoms with E-state index in [0.29, 0.717) is 12.8 Å². The summed E-state index contributed by atoms with van der Waals surface area (Å²) in [5.74, 6) is 0.252. The molecule has 1 fully saturated rings. The highest BCUT2D eigenvalue weighted by molar-refractivity contribution is 7.86. The molecule has 0 saturated carbocycles. The van der Waals surface area contributed by atoms with Crippen molar-refractivity contribution in [2.75, 3.05) is 32.8 Å². The molecule has 3 rings (SSSR count). The zero-order valence-electron chi connectivity index (χ0n) is 20.7. The molecule has 0 N–H and O–H groups in total. The monoisotopic (exact) mass is 486 g/mol. The minimum Gasteiger partial charge on any atom is -0.334 e. The SMILES string of the molecule is CCN(CC)CCN1C(=O)CCC1c1ccc(CCCCOS(=O)(=O)c2ccc(C)cc2)cc1. The summed E-state index contributed by atoms with van der Waals surface area (Å²) in [6.07, 6.45) is 3.88. The highest BCUT2D eigenvalue weighted by atomic mass is 32.2. The molecule has 1 aliphatic heterocycles. The third-order valence-corrected chi connectivity index (χ3v) is 7.98. The van der Waals surface area contributed by atoms with E-state index in [1.807, 2.05) is 11.8 Å². The Morgan fingerprint density at radius 2 is 1.68 bits per heavy atom. The Balaban J connectivity index is 1.45. The predicted octanol–water partition coefficient (Wildman–Crippen LogP) is 4.73. The highest BCUT2D eigenvalue weighted by Crippen LogP contribution is 2.32. The van der Waals surface area contributed by atoms with Gasteiger partial charge in [-0.15, -0.1) is 0 Å². The van der Waals surface area contributed by atoms with Crippen LogP contribution in [-0.2, 0) is 25.5 Å². The Morgan fingerprint density at radius 1 is 1.00 bits per heavy atom. The van der Waals surface area contributed by atoms with E-state index in [9.17, 15) is 13.2 Å². The summed E-state index contributed by atoms with van der Waals surface area (Å²) in [7, 11) is -3.70. The maximum Gasteiger partial charge on any atom is 0.296 e. The molecule has 1 aliphatic rings. The van der Waals surface area contributed by atoms with Gasteiger partial charge >= 0.3 is 0 Å². The summed E-state index contributed by atoms with van der Waals surface area (Å²) in [6.45, 7) is 10.1. The van der Waals surface area contributed by atoms with Crippen molar-refractivity contribution in [3.8, 4) is 0 Å². The second-order valence-electron chi connectivity index (χ2n) is 8.96. The first-order chi connectivity index (χ1) is 16.3. The summed E-state index contributed by atoms with van der Waals surface area (Å²) in [4.78, 5) is 17.0. The summed E-state index contributed by atoms with van der Waals surface area (Å²) >= 11 is 0. The molecular weight excluding hydrogens is 448 g/mol. The van der Waals surface area contributed by atoms with Crippen molar-refractivity contribution < 1.29 is 17.4 Å². The Labute approximate surface area is 205 Å². The van der Waals surface area contributed by atoms with E-state index in [1.165, 1.54) is 11.1 Å². The van der Waals surface area contributed by atoms with E-state index >= 15 is 0 Å². The summed E-state index contributed by atoms with van der Waals surface area (Å²) < 4.78 is 29.7. The molecule has 186 valence electrons. The molecule has 7 heteroatoms. The number of hydrogen-bond donors (Lipinski definition) is 0. The molecule has 0 radical (unpaired) electrons. The summed E-state index contributed by atoms with van der Waals surface area (Å²) in [5, 5.41) is 0. The molecule has 0 spiro atoms. The topological polar surface area (TPSA) is 66.9 Å². The minimum atomic E-state index is -3.70. The fraction of sp³-hybridized carbons (Fsp3) is 0.519. The van der Waals surface area contributed by atoms with Crippen molar-refractivity contribution in [1.82, 2.24) is 9.80 Å². The molecule has 1 unspecified atom stereocenters. The lowest BCUT2D eigenvalue weighted by atomic mass is 10.0. The van der Waals surface area contributed by atoms with Crippen molar-refractivity contribution in [1.29, 1.82) is 0 Å². The first kappa shape index (κ1) is 26.4. The number of likely N-dealkylation sites (tertiary alicyclic amines) is 1. The van der Waals surface area contributed by atoms with Crippen LogP contribution < -0.4 is 0 Å².